The van der Waals surface area contributed by atoms with E-state index in [0.29, 0.717) is 28.1 Å². The molecule has 0 aliphatic carbocycles. The maximum atomic E-state index is 12.8. The van der Waals surface area contributed by atoms with Crippen LogP contribution in [0.3, 0.4) is 0 Å². The Morgan fingerprint density at radius 3 is 2.62 bits per heavy atom. The van der Waals surface area contributed by atoms with Gasteiger partial charge in [-0.25, -0.2) is 4.63 Å². The zero-order valence-electron chi connectivity index (χ0n) is 13.9. The average molecular weight is 363 g/mol. The SMILES string of the molecule is CC1CN(c2cc(-c3cccc(C(O)C(F)(F)F)c3)cc3nonc23)C1. The second kappa shape index (κ2) is 5.98. The molecular weight excluding hydrogens is 347 g/mol. The second-order valence-corrected chi connectivity index (χ2v) is 6.71. The Morgan fingerprint density at radius 2 is 1.92 bits per heavy atom. The predicted octanol–water partition coefficient (Wildman–Crippen LogP) is 3.94. The minimum absolute atomic E-state index is 0.201. The maximum Gasteiger partial charge on any atom is 0.418 e. The molecule has 26 heavy (non-hydrogen) atoms. The standard InChI is InChI=1S/C18H16F3N3O2/c1-10-8-24(9-10)15-7-13(6-14-16(15)23-26-22-14)11-3-2-4-12(5-11)17(25)18(19,20)21/h2-7,10,17,25H,8-9H2,1H3. The minimum Gasteiger partial charge on any atom is -0.379 e. The Balaban J connectivity index is 1.77. The van der Waals surface area contributed by atoms with Crippen molar-refractivity contribution in [2.24, 2.45) is 5.92 Å². The van der Waals surface area contributed by atoms with Crippen molar-refractivity contribution in [3.63, 3.8) is 0 Å². The van der Waals surface area contributed by atoms with Crippen LogP contribution in [0.4, 0.5) is 18.9 Å². The van der Waals surface area contributed by atoms with E-state index in [2.05, 4.69) is 22.1 Å². The fourth-order valence-corrected chi connectivity index (χ4v) is 3.25. The van der Waals surface area contributed by atoms with Crippen LogP contribution in [-0.4, -0.2) is 34.7 Å². The third-order valence-electron chi connectivity index (χ3n) is 4.59. The number of halogens is 3. The number of alkyl halides is 3. The van der Waals surface area contributed by atoms with Gasteiger partial charge in [-0.3, -0.25) is 0 Å². The van der Waals surface area contributed by atoms with E-state index < -0.39 is 12.3 Å². The Bertz CT molecular complexity index is 948. The van der Waals surface area contributed by atoms with E-state index in [1.165, 1.54) is 18.2 Å². The van der Waals surface area contributed by atoms with Crippen LogP contribution < -0.4 is 4.90 Å². The molecule has 2 aromatic carbocycles. The summed E-state index contributed by atoms with van der Waals surface area (Å²) in [5.41, 5.74) is 3.07. The van der Waals surface area contributed by atoms with Crippen LogP contribution in [0.15, 0.2) is 41.0 Å². The van der Waals surface area contributed by atoms with Gasteiger partial charge < -0.3 is 10.0 Å². The second-order valence-electron chi connectivity index (χ2n) is 6.71. The number of anilines is 1. The molecule has 2 heterocycles. The molecule has 0 spiro atoms. The summed E-state index contributed by atoms with van der Waals surface area (Å²) in [4.78, 5) is 2.13. The molecule has 136 valence electrons. The molecule has 1 fully saturated rings. The van der Waals surface area contributed by atoms with Gasteiger partial charge in [0.15, 0.2) is 11.6 Å². The van der Waals surface area contributed by atoms with Crippen LogP contribution in [0.25, 0.3) is 22.2 Å². The van der Waals surface area contributed by atoms with Gasteiger partial charge in [0.05, 0.1) is 5.69 Å². The highest BCUT2D eigenvalue weighted by molar-refractivity contribution is 5.93. The Morgan fingerprint density at radius 1 is 1.15 bits per heavy atom. The molecule has 8 heteroatoms. The summed E-state index contributed by atoms with van der Waals surface area (Å²) in [5.74, 6) is 0.568. The van der Waals surface area contributed by atoms with Crippen LogP contribution in [0.2, 0.25) is 0 Å². The molecule has 1 aliphatic rings. The largest absolute Gasteiger partial charge is 0.418 e. The Kier molecular flexibility index (Phi) is 3.87. The molecule has 1 atom stereocenters. The van der Waals surface area contributed by atoms with E-state index >= 15 is 0 Å². The Labute approximate surface area is 147 Å². The number of hydrogen-bond donors (Lipinski definition) is 1. The first-order valence-electron chi connectivity index (χ1n) is 8.19. The number of aromatic nitrogens is 2. The zero-order chi connectivity index (χ0) is 18.5. The van der Waals surface area contributed by atoms with Gasteiger partial charge in [-0.05, 0) is 51.1 Å². The third kappa shape index (κ3) is 2.90. The van der Waals surface area contributed by atoms with Crippen molar-refractivity contribution in [1.82, 2.24) is 10.3 Å². The number of hydrogen-bond acceptors (Lipinski definition) is 5. The average Bonchev–Trinajstić information content (AvgIpc) is 3.05. The smallest absolute Gasteiger partial charge is 0.379 e. The van der Waals surface area contributed by atoms with Crippen molar-refractivity contribution in [2.75, 3.05) is 18.0 Å². The molecule has 0 saturated carbocycles. The molecule has 1 N–H and O–H groups in total. The monoisotopic (exact) mass is 363 g/mol. The lowest BCUT2D eigenvalue weighted by Gasteiger charge is -2.39. The summed E-state index contributed by atoms with van der Waals surface area (Å²) in [5, 5.41) is 17.3. The summed E-state index contributed by atoms with van der Waals surface area (Å²) >= 11 is 0. The van der Waals surface area contributed by atoms with Crippen molar-refractivity contribution < 1.29 is 22.9 Å². The van der Waals surface area contributed by atoms with E-state index in [4.69, 9.17) is 4.63 Å². The van der Waals surface area contributed by atoms with E-state index in [0.717, 1.165) is 18.8 Å². The fraction of sp³-hybridized carbons (Fsp3) is 0.333. The van der Waals surface area contributed by atoms with E-state index in [1.807, 2.05) is 6.07 Å². The van der Waals surface area contributed by atoms with Gasteiger partial charge in [0, 0.05) is 13.1 Å². The van der Waals surface area contributed by atoms with Gasteiger partial charge in [0.1, 0.15) is 5.52 Å². The maximum absolute atomic E-state index is 12.8. The molecule has 0 amide bonds. The lowest BCUT2D eigenvalue weighted by atomic mass is 9.97. The van der Waals surface area contributed by atoms with Crippen molar-refractivity contribution >= 4 is 16.7 Å². The van der Waals surface area contributed by atoms with E-state index in [9.17, 15) is 18.3 Å². The van der Waals surface area contributed by atoms with Crippen LogP contribution in [0.5, 0.6) is 0 Å². The molecule has 1 unspecified atom stereocenters. The van der Waals surface area contributed by atoms with Gasteiger partial charge in [0.2, 0.25) is 0 Å². The highest BCUT2D eigenvalue weighted by atomic mass is 19.4. The predicted molar refractivity (Wildman–Crippen MR) is 89.6 cm³/mol. The van der Waals surface area contributed by atoms with Crippen LogP contribution >= 0.6 is 0 Å². The molecule has 0 radical (unpaired) electrons. The molecular formula is C18H16F3N3O2. The molecule has 1 aromatic heterocycles. The van der Waals surface area contributed by atoms with Crippen molar-refractivity contribution in [3.8, 4) is 11.1 Å². The van der Waals surface area contributed by atoms with E-state index in [-0.39, 0.29) is 5.56 Å². The summed E-state index contributed by atoms with van der Waals surface area (Å²) in [6.45, 7) is 3.89. The fourth-order valence-electron chi connectivity index (χ4n) is 3.25. The molecule has 1 saturated heterocycles. The first-order valence-corrected chi connectivity index (χ1v) is 8.19. The number of aliphatic hydroxyl groups excluding tert-OH is 1. The van der Waals surface area contributed by atoms with Gasteiger partial charge in [-0.15, -0.1) is 0 Å². The summed E-state index contributed by atoms with van der Waals surface area (Å²) in [6.07, 6.45) is -7.23. The highest BCUT2D eigenvalue weighted by Crippen LogP contribution is 2.37. The summed E-state index contributed by atoms with van der Waals surface area (Å²) in [7, 11) is 0. The minimum atomic E-state index is -4.71. The zero-order valence-corrected chi connectivity index (χ0v) is 13.9. The molecule has 5 nitrogen and oxygen atoms in total. The van der Waals surface area contributed by atoms with Gasteiger partial charge in [-0.1, -0.05) is 25.1 Å². The lowest BCUT2D eigenvalue weighted by molar-refractivity contribution is -0.206. The van der Waals surface area contributed by atoms with E-state index in [1.54, 1.807) is 12.1 Å². The van der Waals surface area contributed by atoms with Crippen LogP contribution in [0.1, 0.15) is 18.6 Å². The number of benzene rings is 2. The van der Waals surface area contributed by atoms with Gasteiger partial charge >= 0.3 is 6.18 Å². The Hall–Kier alpha value is -2.61. The first kappa shape index (κ1) is 16.8. The first-order chi connectivity index (χ1) is 12.3. The molecule has 0 bridgehead atoms. The number of fused-ring (bicyclic) bond motifs is 1. The van der Waals surface area contributed by atoms with Crippen molar-refractivity contribution in [3.05, 3.63) is 42.0 Å². The number of rotatable bonds is 3. The van der Waals surface area contributed by atoms with Crippen LogP contribution in [-0.2, 0) is 0 Å². The summed E-state index contributed by atoms with van der Waals surface area (Å²) in [6, 6.07) is 9.39. The van der Waals surface area contributed by atoms with Crippen molar-refractivity contribution in [1.29, 1.82) is 0 Å². The van der Waals surface area contributed by atoms with Crippen LogP contribution in [0, 0.1) is 5.92 Å². The summed E-state index contributed by atoms with van der Waals surface area (Å²) < 4.78 is 43.3. The number of aliphatic hydroxyl groups is 1. The topological polar surface area (TPSA) is 62.4 Å². The molecule has 3 aromatic rings. The quantitative estimate of drug-likeness (QED) is 0.764. The highest BCUT2D eigenvalue weighted by Gasteiger charge is 2.39. The van der Waals surface area contributed by atoms with Gasteiger partial charge in [0.25, 0.3) is 0 Å². The van der Waals surface area contributed by atoms with Gasteiger partial charge in [-0.2, -0.15) is 13.2 Å². The molecule has 1 aliphatic heterocycles. The number of nitrogens with zero attached hydrogens (tertiary/aromatic N) is 3. The third-order valence-corrected chi connectivity index (χ3v) is 4.59. The lowest BCUT2D eigenvalue weighted by Crippen LogP contribution is -2.45. The normalized spacial score (nSPS) is 16.7. The van der Waals surface area contributed by atoms with Crippen molar-refractivity contribution in [2.45, 2.75) is 19.2 Å². The molecule has 4 rings (SSSR count).